The van der Waals surface area contributed by atoms with E-state index >= 15 is 0 Å². The van der Waals surface area contributed by atoms with Crippen molar-refractivity contribution in [1.29, 1.82) is 0 Å². The Morgan fingerprint density at radius 3 is 1.91 bits per heavy atom. The van der Waals surface area contributed by atoms with Crippen molar-refractivity contribution in [2.45, 2.75) is 12.8 Å². The summed E-state index contributed by atoms with van der Waals surface area (Å²) in [7, 11) is 0. The zero-order chi connectivity index (χ0) is 17.1. The average molecular weight is 323 g/mol. The lowest BCUT2D eigenvalue weighted by Gasteiger charge is -2.30. The molecule has 0 spiro atoms. The van der Waals surface area contributed by atoms with Gasteiger partial charge in [0.25, 0.3) is 17.3 Å². The maximum atomic E-state index is 12.4. The number of aliphatic carboxylic acids is 1. The predicted octanol–water partition coefficient (Wildman–Crippen LogP) is 1.44. The molecule has 1 aromatic rings. The van der Waals surface area contributed by atoms with Crippen LogP contribution in [0.25, 0.3) is 0 Å². The Hall–Kier alpha value is -3.04. The quantitative estimate of drug-likeness (QED) is 0.652. The van der Waals surface area contributed by atoms with Crippen molar-refractivity contribution < 1.29 is 24.5 Å². The molecule has 0 aromatic heterocycles. The third kappa shape index (κ3) is 3.59. The molecule has 0 aliphatic carbocycles. The number of nitro groups is 2. The fraction of sp³-hybridized carbons (Fsp3) is 0.385. The Morgan fingerprint density at radius 1 is 1.04 bits per heavy atom. The summed E-state index contributed by atoms with van der Waals surface area (Å²) in [6.45, 7) is 0.374. The van der Waals surface area contributed by atoms with Gasteiger partial charge in [0.15, 0.2) is 0 Å². The molecule has 23 heavy (non-hydrogen) atoms. The second kappa shape index (κ2) is 6.38. The SMILES string of the molecule is O=C(O)C1CCN(C(=O)c2cc([N+](=O)[O-])cc([N+](=O)[O-])c2)CC1. The lowest BCUT2D eigenvalue weighted by atomic mass is 9.96. The fourth-order valence-electron chi connectivity index (χ4n) is 2.44. The predicted molar refractivity (Wildman–Crippen MR) is 76.0 cm³/mol. The van der Waals surface area contributed by atoms with Gasteiger partial charge in [-0.2, -0.15) is 0 Å². The number of likely N-dealkylation sites (tertiary alicyclic amines) is 1. The summed E-state index contributed by atoms with van der Waals surface area (Å²) >= 11 is 0. The van der Waals surface area contributed by atoms with Crippen molar-refractivity contribution >= 4 is 23.3 Å². The number of carbonyl (C=O) groups is 2. The number of carbonyl (C=O) groups excluding carboxylic acids is 1. The zero-order valence-electron chi connectivity index (χ0n) is 11.9. The van der Waals surface area contributed by atoms with Gasteiger partial charge in [0.1, 0.15) is 0 Å². The molecule has 1 N–H and O–H groups in total. The minimum absolute atomic E-state index is 0.153. The van der Waals surface area contributed by atoms with Crippen LogP contribution in [0, 0.1) is 26.1 Å². The van der Waals surface area contributed by atoms with Crippen molar-refractivity contribution in [2.75, 3.05) is 13.1 Å². The highest BCUT2D eigenvalue weighted by molar-refractivity contribution is 5.95. The Morgan fingerprint density at radius 2 is 1.52 bits per heavy atom. The van der Waals surface area contributed by atoms with Crippen LogP contribution in [-0.4, -0.2) is 44.8 Å². The molecule has 10 nitrogen and oxygen atoms in total. The Balaban J connectivity index is 2.24. The number of nitrogens with zero attached hydrogens (tertiary/aromatic N) is 3. The maximum absolute atomic E-state index is 12.4. The van der Waals surface area contributed by atoms with Crippen LogP contribution in [0.3, 0.4) is 0 Å². The van der Waals surface area contributed by atoms with Crippen LogP contribution in [-0.2, 0) is 4.79 Å². The van der Waals surface area contributed by atoms with Gasteiger partial charge in [-0.05, 0) is 12.8 Å². The molecule has 0 atom stereocenters. The largest absolute Gasteiger partial charge is 0.481 e. The van der Waals surface area contributed by atoms with Gasteiger partial charge in [-0.25, -0.2) is 0 Å². The first-order valence-electron chi connectivity index (χ1n) is 6.75. The van der Waals surface area contributed by atoms with E-state index in [1.807, 2.05) is 0 Å². The molecule has 10 heteroatoms. The molecule has 0 bridgehead atoms. The van der Waals surface area contributed by atoms with Crippen molar-refractivity contribution in [1.82, 2.24) is 4.90 Å². The van der Waals surface area contributed by atoms with E-state index in [1.165, 1.54) is 4.90 Å². The first-order valence-corrected chi connectivity index (χ1v) is 6.75. The highest BCUT2D eigenvalue weighted by Crippen LogP contribution is 2.25. The third-order valence-corrected chi connectivity index (χ3v) is 3.70. The molecule has 0 saturated carbocycles. The highest BCUT2D eigenvalue weighted by Gasteiger charge is 2.29. The van der Waals surface area contributed by atoms with Crippen LogP contribution < -0.4 is 0 Å². The van der Waals surface area contributed by atoms with E-state index in [4.69, 9.17) is 5.11 Å². The normalized spacial score (nSPS) is 15.2. The lowest BCUT2D eigenvalue weighted by molar-refractivity contribution is -0.394. The lowest BCUT2D eigenvalue weighted by Crippen LogP contribution is -2.40. The summed E-state index contributed by atoms with van der Waals surface area (Å²) in [5.74, 6) is -2.04. The minimum Gasteiger partial charge on any atom is -0.481 e. The van der Waals surface area contributed by atoms with Crippen LogP contribution >= 0.6 is 0 Å². The number of hydrogen-bond donors (Lipinski definition) is 1. The standard InChI is InChI=1S/C13H13N3O7/c17-12(14-3-1-8(2-4-14)13(18)19)9-5-10(15(20)21)7-11(6-9)16(22)23/h5-8H,1-4H2,(H,18,19). The van der Waals surface area contributed by atoms with Crippen LogP contribution in [0.15, 0.2) is 18.2 Å². The summed E-state index contributed by atoms with van der Waals surface area (Å²) < 4.78 is 0. The zero-order valence-corrected chi connectivity index (χ0v) is 11.9. The minimum atomic E-state index is -0.928. The van der Waals surface area contributed by atoms with Crippen molar-refractivity contribution in [2.24, 2.45) is 5.92 Å². The second-order valence-electron chi connectivity index (χ2n) is 5.16. The van der Waals surface area contributed by atoms with Crippen LogP contribution in [0.2, 0.25) is 0 Å². The van der Waals surface area contributed by atoms with E-state index in [0.29, 0.717) is 0 Å². The Labute approximate surface area is 129 Å². The monoisotopic (exact) mass is 323 g/mol. The van der Waals surface area contributed by atoms with E-state index in [9.17, 15) is 29.8 Å². The van der Waals surface area contributed by atoms with Crippen molar-refractivity contribution in [3.05, 3.63) is 44.0 Å². The molecule has 122 valence electrons. The highest BCUT2D eigenvalue weighted by atomic mass is 16.6. The number of nitro benzene ring substituents is 2. The summed E-state index contributed by atoms with van der Waals surface area (Å²) in [6, 6.07) is 2.75. The van der Waals surface area contributed by atoms with Gasteiger partial charge in [-0.15, -0.1) is 0 Å². The van der Waals surface area contributed by atoms with E-state index < -0.39 is 39.0 Å². The summed E-state index contributed by atoms with van der Waals surface area (Å²) in [4.78, 5) is 44.7. The number of amides is 1. The van der Waals surface area contributed by atoms with E-state index in [-0.39, 0.29) is 31.5 Å². The van der Waals surface area contributed by atoms with Gasteiger partial charge in [0, 0.05) is 25.2 Å². The average Bonchev–Trinajstić information content (AvgIpc) is 2.53. The number of hydrogen-bond acceptors (Lipinski definition) is 6. The van der Waals surface area contributed by atoms with Gasteiger partial charge in [-0.1, -0.05) is 0 Å². The van der Waals surface area contributed by atoms with E-state index in [2.05, 4.69) is 0 Å². The number of piperidine rings is 1. The van der Waals surface area contributed by atoms with Crippen LogP contribution in [0.1, 0.15) is 23.2 Å². The van der Waals surface area contributed by atoms with Gasteiger partial charge >= 0.3 is 5.97 Å². The fourth-order valence-corrected chi connectivity index (χ4v) is 2.44. The topological polar surface area (TPSA) is 144 Å². The molecule has 1 heterocycles. The number of carboxylic acid groups (broad SMARTS) is 1. The van der Waals surface area contributed by atoms with Crippen molar-refractivity contribution in [3.8, 4) is 0 Å². The van der Waals surface area contributed by atoms with Gasteiger partial charge in [-0.3, -0.25) is 29.8 Å². The molecule has 1 saturated heterocycles. The molecule has 2 rings (SSSR count). The van der Waals surface area contributed by atoms with Crippen LogP contribution in [0.4, 0.5) is 11.4 Å². The molecule has 1 aliphatic rings. The van der Waals surface area contributed by atoms with Gasteiger partial charge in [0.2, 0.25) is 0 Å². The van der Waals surface area contributed by atoms with Gasteiger partial charge in [0.05, 0.1) is 27.4 Å². The molecule has 1 aromatic carbocycles. The van der Waals surface area contributed by atoms with Crippen LogP contribution in [0.5, 0.6) is 0 Å². The molecular weight excluding hydrogens is 310 g/mol. The van der Waals surface area contributed by atoms with E-state index in [0.717, 1.165) is 18.2 Å². The Kier molecular flexibility index (Phi) is 4.53. The summed E-state index contributed by atoms with van der Waals surface area (Å²) in [5, 5.41) is 30.6. The smallest absolute Gasteiger partial charge is 0.306 e. The first kappa shape index (κ1) is 16.3. The first-order chi connectivity index (χ1) is 10.8. The van der Waals surface area contributed by atoms with Crippen molar-refractivity contribution in [3.63, 3.8) is 0 Å². The number of rotatable bonds is 4. The maximum Gasteiger partial charge on any atom is 0.306 e. The number of benzene rings is 1. The molecule has 0 radical (unpaired) electrons. The van der Waals surface area contributed by atoms with E-state index in [1.54, 1.807) is 0 Å². The number of non-ortho nitro benzene ring substituents is 2. The Bertz CT molecular complexity index is 648. The second-order valence-corrected chi connectivity index (χ2v) is 5.16. The molecular formula is C13H13N3O7. The summed E-state index contributed by atoms with van der Waals surface area (Å²) in [6.07, 6.45) is 0.552. The van der Waals surface area contributed by atoms with Gasteiger partial charge < -0.3 is 10.0 Å². The molecule has 1 amide bonds. The molecule has 1 aliphatic heterocycles. The number of carboxylic acids is 1. The third-order valence-electron chi connectivity index (χ3n) is 3.70. The summed E-state index contributed by atoms with van der Waals surface area (Å²) in [5.41, 5.74) is -1.23. The molecule has 1 fully saturated rings. The molecule has 0 unspecified atom stereocenters.